The van der Waals surface area contributed by atoms with Gasteiger partial charge in [0.2, 0.25) is 0 Å². The average Bonchev–Trinajstić information content (AvgIpc) is 3.01. The molecule has 2 N–H and O–H groups in total. The summed E-state index contributed by atoms with van der Waals surface area (Å²) in [5.41, 5.74) is -1.17. The Morgan fingerprint density at radius 1 is 1.38 bits per heavy atom. The van der Waals surface area contributed by atoms with Crippen LogP contribution in [0.1, 0.15) is 38.4 Å². The summed E-state index contributed by atoms with van der Waals surface area (Å²) in [5, 5.41) is 11.2. The third-order valence-corrected chi connectivity index (χ3v) is 3.56. The number of hydrogen-bond donors (Lipinski definition) is 2. The Balaban J connectivity index is 1.92. The number of imide groups is 1. The van der Waals surface area contributed by atoms with Crippen molar-refractivity contribution < 1.29 is 23.9 Å². The van der Waals surface area contributed by atoms with Crippen molar-refractivity contribution >= 4 is 17.9 Å². The molecule has 0 radical (unpaired) electrons. The molecule has 2 rings (SSSR count). The maximum atomic E-state index is 12.4. The average molecular weight is 294 g/mol. The number of rotatable bonds is 7. The summed E-state index contributed by atoms with van der Waals surface area (Å²) in [5.74, 6) is -0.787. The zero-order valence-corrected chi connectivity index (χ0v) is 11.8. The summed E-state index contributed by atoms with van der Waals surface area (Å²) in [4.78, 5) is 35.9. The normalized spacial score (nSPS) is 21.7. The van der Waals surface area contributed by atoms with Crippen LogP contribution in [-0.2, 0) is 15.1 Å². The van der Waals surface area contributed by atoms with Crippen molar-refractivity contribution in [1.29, 1.82) is 0 Å². The number of unbranched alkanes of at least 4 members (excludes halogenated alkanes) is 2. The van der Waals surface area contributed by atoms with Crippen molar-refractivity contribution in [1.82, 2.24) is 10.2 Å². The topological polar surface area (TPSA) is 99.8 Å². The number of carbonyl (C=O) groups is 3. The van der Waals surface area contributed by atoms with Crippen LogP contribution >= 0.6 is 0 Å². The van der Waals surface area contributed by atoms with Gasteiger partial charge >= 0.3 is 12.0 Å². The molecule has 1 saturated heterocycles. The van der Waals surface area contributed by atoms with Crippen molar-refractivity contribution in [3.8, 4) is 0 Å². The van der Waals surface area contributed by atoms with Gasteiger partial charge in [-0.3, -0.25) is 14.5 Å². The number of aliphatic carboxylic acids is 1. The van der Waals surface area contributed by atoms with E-state index in [0.29, 0.717) is 25.0 Å². The second-order valence-corrected chi connectivity index (χ2v) is 5.19. The lowest BCUT2D eigenvalue weighted by molar-refractivity contribution is -0.137. The molecule has 1 unspecified atom stereocenters. The second-order valence-electron chi connectivity index (χ2n) is 5.19. The lowest BCUT2D eigenvalue weighted by atomic mass is 9.99. The predicted octanol–water partition coefficient (Wildman–Crippen LogP) is 1.69. The molecule has 1 fully saturated rings. The van der Waals surface area contributed by atoms with Gasteiger partial charge in [-0.05, 0) is 31.9 Å². The van der Waals surface area contributed by atoms with Gasteiger partial charge in [0.25, 0.3) is 5.91 Å². The van der Waals surface area contributed by atoms with Crippen molar-refractivity contribution in [2.45, 2.75) is 38.1 Å². The molecule has 3 amide bonds. The van der Waals surface area contributed by atoms with Gasteiger partial charge < -0.3 is 14.8 Å². The highest BCUT2D eigenvalue weighted by Gasteiger charge is 2.50. The molecule has 0 spiro atoms. The van der Waals surface area contributed by atoms with Crippen LogP contribution < -0.4 is 5.32 Å². The van der Waals surface area contributed by atoms with Crippen LogP contribution in [0.3, 0.4) is 0 Å². The van der Waals surface area contributed by atoms with E-state index in [1.807, 2.05) is 0 Å². The molecule has 0 aromatic carbocycles. The summed E-state index contributed by atoms with van der Waals surface area (Å²) in [7, 11) is 0. The van der Waals surface area contributed by atoms with E-state index in [0.717, 1.165) is 4.90 Å². The number of urea groups is 1. The molecule has 0 bridgehead atoms. The highest BCUT2D eigenvalue weighted by Crippen LogP contribution is 2.29. The molecular weight excluding hydrogens is 276 g/mol. The fourth-order valence-corrected chi connectivity index (χ4v) is 2.35. The molecule has 1 aliphatic rings. The summed E-state index contributed by atoms with van der Waals surface area (Å²) < 4.78 is 5.23. The molecule has 21 heavy (non-hydrogen) atoms. The van der Waals surface area contributed by atoms with E-state index < -0.39 is 17.5 Å². The number of furan rings is 1. The largest absolute Gasteiger partial charge is 0.481 e. The van der Waals surface area contributed by atoms with Gasteiger partial charge in [0, 0.05) is 13.0 Å². The van der Waals surface area contributed by atoms with E-state index in [4.69, 9.17) is 9.52 Å². The van der Waals surface area contributed by atoms with Gasteiger partial charge in [-0.15, -0.1) is 0 Å². The van der Waals surface area contributed by atoms with Gasteiger partial charge in [0.05, 0.1) is 6.26 Å². The molecular formula is C14H18N2O5. The lowest BCUT2D eigenvalue weighted by Gasteiger charge is -2.18. The lowest BCUT2D eigenvalue weighted by Crippen LogP contribution is -2.40. The van der Waals surface area contributed by atoms with Crippen molar-refractivity contribution in [2.75, 3.05) is 6.54 Å². The molecule has 114 valence electrons. The minimum absolute atomic E-state index is 0.101. The molecule has 1 aromatic rings. The summed E-state index contributed by atoms with van der Waals surface area (Å²) in [6.45, 7) is 1.89. The smallest absolute Gasteiger partial charge is 0.325 e. The van der Waals surface area contributed by atoms with Crippen LogP contribution in [0.4, 0.5) is 4.79 Å². The quantitative estimate of drug-likeness (QED) is 0.589. The van der Waals surface area contributed by atoms with Crippen LogP contribution in [0.25, 0.3) is 0 Å². The fourth-order valence-electron chi connectivity index (χ4n) is 2.35. The van der Waals surface area contributed by atoms with Crippen LogP contribution in [0.2, 0.25) is 0 Å². The van der Waals surface area contributed by atoms with Gasteiger partial charge in [-0.1, -0.05) is 6.42 Å². The highest BCUT2D eigenvalue weighted by molar-refractivity contribution is 6.06. The van der Waals surface area contributed by atoms with Crippen LogP contribution in [0, 0.1) is 0 Å². The van der Waals surface area contributed by atoms with Gasteiger partial charge in [-0.25, -0.2) is 4.79 Å². The number of amides is 3. The maximum Gasteiger partial charge on any atom is 0.325 e. The van der Waals surface area contributed by atoms with Gasteiger partial charge in [0.1, 0.15) is 5.76 Å². The number of carboxylic acid groups (broad SMARTS) is 1. The molecule has 1 aliphatic heterocycles. The molecule has 0 saturated carbocycles. The minimum atomic E-state index is -1.17. The van der Waals surface area contributed by atoms with Crippen molar-refractivity contribution in [3.63, 3.8) is 0 Å². The van der Waals surface area contributed by atoms with Gasteiger partial charge in [-0.2, -0.15) is 0 Å². The van der Waals surface area contributed by atoms with E-state index >= 15 is 0 Å². The van der Waals surface area contributed by atoms with Crippen LogP contribution in [-0.4, -0.2) is 34.5 Å². The Morgan fingerprint density at radius 3 is 2.76 bits per heavy atom. The summed E-state index contributed by atoms with van der Waals surface area (Å²) in [6.07, 6.45) is 3.33. The van der Waals surface area contributed by atoms with E-state index in [1.54, 1.807) is 19.1 Å². The van der Waals surface area contributed by atoms with Crippen LogP contribution in [0.5, 0.6) is 0 Å². The standard InChI is InChI=1S/C14H18N2O5/c1-14(10-6-5-9-21-10)12(19)16(13(20)15-14)8-4-2-3-7-11(17)18/h5-6,9H,2-4,7-8H2,1H3,(H,15,20)(H,17,18). The molecule has 1 atom stereocenters. The highest BCUT2D eigenvalue weighted by atomic mass is 16.4. The Kier molecular flexibility index (Phi) is 4.30. The van der Waals surface area contributed by atoms with E-state index in [2.05, 4.69) is 5.32 Å². The van der Waals surface area contributed by atoms with Crippen molar-refractivity contribution in [3.05, 3.63) is 24.2 Å². The zero-order chi connectivity index (χ0) is 15.5. The Labute approximate surface area is 121 Å². The SMILES string of the molecule is CC1(c2ccco2)NC(=O)N(CCCCCC(=O)O)C1=O. The third kappa shape index (κ3) is 3.07. The molecule has 7 heteroatoms. The first-order valence-corrected chi connectivity index (χ1v) is 6.85. The number of carboxylic acids is 1. The first-order valence-electron chi connectivity index (χ1n) is 6.85. The number of nitrogens with zero attached hydrogens (tertiary/aromatic N) is 1. The first-order chi connectivity index (χ1) is 9.95. The first kappa shape index (κ1) is 15.1. The van der Waals surface area contributed by atoms with E-state index in [9.17, 15) is 14.4 Å². The Bertz CT molecular complexity index is 540. The predicted molar refractivity (Wildman–Crippen MR) is 72.4 cm³/mol. The monoisotopic (exact) mass is 294 g/mol. The molecule has 0 aliphatic carbocycles. The molecule has 7 nitrogen and oxygen atoms in total. The Morgan fingerprint density at radius 2 is 2.14 bits per heavy atom. The number of nitrogens with one attached hydrogen (secondary N) is 1. The molecule has 2 heterocycles. The number of hydrogen-bond acceptors (Lipinski definition) is 4. The number of carbonyl (C=O) groups excluding carboxylic acids is 2. The maximum absolute atomic E-state index is 12.4. The fraction of sp³-hybridized carbons (Fsp3) is 0.500. The zero-order valence-electron chi connectivity index (χ0n) is 11.8. The van der Waals surface area contributed by atoms with Crippen LogP contribution in [0.15, 0.2) is 22.8 Å². The Hall–Kier alpha value is -2.31. The van der Waals surface area contributed by atoms with Crippen molar-refractivity contribution in [2.24, 2.45) is 0 Å². The van der Waals surface area contributed by atoms with Gasteiger partial charge in [0.15, 0.2) is 5.54 Å². The third-order valence-electron chi connectivity index (χ3n) is 3.56. The summed E-state index contributed by atoms with van der Waals surface area (Å²) >= 11 is 0. The molecule has 1 aromatic heterocycles. The van der Waals surface area contributed by atoms with E-state index in [-0.39, 0.29) is 18.9 Å². The second kappa shape index (κ2) is 5.99. The van der Waals surface area contributed by atoms with E-state index in [1.165, 1.54) is 6.26 Å². The summed E-state index contributed by atoms with van der Waals surface area (Å²) in [6, 6.07) is 2.86. The minimum Gasteiger partial charge on any atom is -0.481 e.